The van der Waals surface area contributed by atoms with Gasteiger partial charge >= 0.3 is 0 Å². The molecular formula is C16H23N5O4. The maximum absolute atomic E-state index is 12.3. The van der Waals surface area contributed by atoms with Gasteiger partial charge in [-0.3, -0.25) is 4.79 Å². The van der Waals surface area contributed by atoms with Crippen LogP contribution < -0.4 is 10.1 Å². The zero-order valence-electron chi connectivity index (χ0n) is 14.6. The Bertz CT molecular complexity index is 670. The van der Waals surface area contributed by atoms with Crippen LogP contribution in [0.5, 0.6) is 5.88 Å². The van der Waals surface area contributed by atoms with Crippen molar-refractivity contribution in [1.29, 1.82) is 0 Å². The zero-order chi connectivity index (χ0) is 18.1. The minimum Gasteiger partial charge on any atom is -0.476 e. The van der Waals surface area contributed by atoms with Crippen LogP contribution in [0.25, 0.3) is 0 Å². The highest BCUT2D eigenvalue weighted by Crippen LogP contribution is 2.20. The van der Waals surface area contributed by atoms with Crippen LogP contribution in [0.1, 0.15) is 31.3 Å². The molecule has 0 aliphatic rings. The Morgan fingerprint density at radius 3 is 2.68 bits per heavy atom. The third kappa shape index (κ3) is 5.50. The first-order chi connectivity index (χ1) is 12.2. The van der Waals surface area contributed by atoms with Crippen LogP contribution >= 0.6 is 0 Å². The smallest absolute Gasteiger partial charge is 0.277 e. The predicted octanol–water partition coefficient (Wildman–Crippen LogP) is 1.72. The summed E-state index contributed by atoms with van der Waals surface area (Å²) in [5.41, 5.74) is 0.656. The van der Waals surface area contributed by atoms with Gasteiger partial charge in [0.05, 0.1) is 19.3 Å². The molecule has 0 saturated carbocycles. The fourth-order valence-corrected chi connectivity index (χ4v) is 2.09. The van der Waals surface area contributed by atoms with Crippen LogP contribution in [-0.4, -0.2) is 52.0 Å². The lowest BCUT2D eigenvalue weighted by Crippen LogP contribution is -2.24. The van der Waals surface area contributed by atoms with Gasteiger partial charge in [-0.05, 0) is 32.9 Å². The van der Waals surface area contributed by atoms with Crippen LogP contribution in [0.4, 0.5) is 5.69 Å². The van der Waals surface area contributed by atoms with E-state index in [1.807, 2.05) is 20.8 Å². The standard InChI is InChI=1S/C16H23N5O4/c1-4-23-14(24-5-2)11-21-10-13(19-20-21)15(22)18-12-8-7-9-17-16(12)25-6-3/h7-10,14H,4-6,11H2,1-3H3,(H,18,22). The number of amides is 1. The molecular weight excluding hydrogens is 326 g/mol. The van der Waals surface area contributed by atoms with Gasteiger partial charge in [-0.1, -0.05) is 5.21 Å². The third-order valence-electron chi connectivity index (χ3n) is 3.11. The number of nitrogens with one attached hydrogen (secondary N) is 1. The molecule has 0 aromatic carbocycles. The first-order valence-electron chi connectivity index (χ1n) is 8.20. The van der Waals surface area contributed by atoms with Gasteiger partial charge < -0.3 is 19.5 Å². The minimum absolute atomic E-state index is 0.179. The summed E-state index contributed by atoms with van der Waals surface area (Å²) in [5, 5.41) is 10.6. The number of ether oxygens (including phenoxy) is 3. The van der Waals surface area contributed by atoms with E-state index in [1.165, 1.54) is 10.9 Å². The molecule has 0 radical (unpaired) electrons. The number of pyridine rings is 1. The van der Waals surface area contributed by atoms with Crippen molar-refractivity contribution in [3.8, 4) is 5.88 Å². The summed E-state index contributed by atoms with van der Waals surface area (Å²) in [4.78, 5) is 16.4. The van der Waals surface area contributed by atoms with Crippen molar-refractivity contribution < 1.29 is 19.0 Å². The molecule has 0 saturated heterocycles. The van der Waals surface area contributed by atoms with Crippen molar-refractivity contribution in [2.45, 2.75) is 33.6 Å². The molecule has 1 amide bonds. The fraction of sp³-hybridized carbons (Fsp3) is 0.500. The van der Waals surface area contributed by atoms with Crippen molar-refractivity contribution in [2.75, 3.05) is 25.1 Å². The molecule has 2 aromatic rings. The third-order valence-corrected chi connectivity index (χ3v) is 3.11. The van der Waals surface area contributed by atoms with E-state index in [4.69, 9.17) is 14.2 Å². The monoisotopic (exact) mass is 349 g/mol. The molecule has 2 heterocycles. The molecule has 2 aromatic heterocycles. The highest BCUT2D eigenvalue weighted by atomic mass is 16.7. The maximum atomic E-state index is 12.3. The first kappa shape index (κ1) is 18.8. The maximum Gasteiger partial charge on any atom is 0.277 e. The van der Waals surface area contributed by atoms with Gasteiger partial charge in [0.15, 0.2) is 12.0 Å². The lowest BCUT2D eigenvalue weighted by Gasteiger charge is -2.16. The van der Waals surface area contributed by atoms with Crippen molar-refractivity contribution in [1.82, 2.24) is 20.0 Å². The highest BCUT2D eigenvalue weighted by Gasteiger charge is 2.16. The summed E-state index contributed by atoms with van der Waals surface area (Å²) in [6, 6.07) is 3.42. The molecule has 136 valence electrons. The summed E-state index contributed by atoms with van der Waals surface area (Å²) < 4.78 is 17.8. The second-order valence-corrected chi connectivity index (χ2v) is 4.91. The number of carbonyl (C=O) groups is 1. The van der Waals surface area contributed by atoms with Gasteiger partial charge in [-0.2, -0.15) is 0 Å². The summed E-state index contributed by atoms with van der Waals surface area (Å²) in [7, 11) is 0. The molecule has 25 heavy (non-hydrogen) atoms. The molecule has 2 rings (SSSR count). The quantitative estimate of drug-likeness (QED) is 0.652. The summed E-state index contributed by atoms with van der Waals surface area (Å²) in [6.45, 7) is 7.46. The Labute approximate surface area is 146 Å². The molecule has 1 N–H and O–H groups in total. The van der Waals surface area contributed by atoms with E-state index in [0.29, 0.717) is 37.9 Å². The number of hydrogen-bond acceptors (Lipinski definition) is 7. The second-order valence-electron chi connectivity index (χ2n) is 4.91. The molecule has 0 fully saturated rings. The van der Waals surface area contributed by atoms with Crippen LogP contribution in [0.3, 0.4) is 0 Å². The summed E-state index contributed by atoms with van der Waals surface area (Å²) >= 11 is 0. The number of rotatable bonds is 10. The average molecular weight is 349 g/mol. The minimum atomic E-state index is -0.435. The average Bonchev–Trinajstić information content (AvgIpc) is 3.06. The predicted molar refractivity (Wildman–Crippen MR) is 90.4 cm³/mol. The zero-order valence-corrected chi connectivity index (χ0v) is 14.6. The number of carbonyl (C=O) groups excluding carboxylic acids is 1. The molecule has 0 unspecified atom stereocenters. The van der Waals surface area contributed by atoms with Crippen LogP contribution in [-0.2, 0) is 16.0 Å². The Morgan fingerprint density at radius 1 is 1.24 bits per heavy atom. The van der Waals surface area contributed by atoms with E-state index in [0.717, 1.165) is 0 Å². The van der Waals surface area contributed by atoms with E-state index in [2.05, 4.69) is 20.6 Å². The van der Waals surface area contributed by atoms with Crippen molar-refractivity contribution in [3.63, 3.8) is 0 Å². The normalized spacial score (nSPS) is 10.9. The van der Waals surface area contributed by atoms with Gasteiger partial charge in [0.2, 0.25) is 5.88 Å². The van der Waals surface area contributed by atoms with E-state index >= 15 is 0 Å². The summed E-state index contributed by atoms with van der Waals surface area (Å²) in [6.07, 6.45) is 2.70. The lowest BCUT2D eigenvalue weighted by molar-refractivity contribution is -0.145. The van der Waals surface area contributed by atoms with Gasteiger partial charge in [-0.15, -0.1) is 5.10 Å². The van der Waals surface area contributed by atoms with Gasteiger partial charge in [0, 0.05) is 19.4 Å². The summed E-state index contributed by atoms with van der Waals surface area (Å²) in [5.74, 6) is -0.0388. The second kappa shape index (κ2) is 9.70. The van der Waals surface area contributed by atoms with Gasteiger partial charge in [0.1, 0.15) is 5.69 Å². The lowest BCUT2D eigenvalue weighted by atomic mass is 10.3. The van der Waals surface area contributed by atoms with Crippen molar-refractivity contribution >= 4 is 11.6 Å². The van der Waals surface area contributed by atoms with E-state index in [-0.39, 0.29) is 5.69 Å². The molecule has 9 nitrogen and oxygen atoms in total. The molecule has 0 aliphatic heterocycles. The van der Waals surface area contributed by atoms with Gasteiger partial charge in [0.25, 0.3) is 5.91 Å². The molecule has 0 bridgehead atoms. The van der Waals surface area contributed by atoms with Gasteiger partial charge in [-0.25, -0.2) is 9.67 Å². The Morgan fingerprint density at radius 2 is 2.00 bits per heavy atom. The molecule has 0 aliphatic carbocycles. The van der Waals surface area contributed by atoms with E-state index in [9.17, 15) is 4.79 Å². The number of anilines is 1. The highest BCUT2D eigenvalue weighted by molar-refractivity contribution is 6.03. The largest absolute Gasteiger partial charge is 0.476 e. The first-order valence-corrected chi connectivity index (χ1v) is 8.20. The number of nitrogens with zero attached hydrogens (tertiary/aromatic N) is 4. The Hall–Kier alpha value is -2.52. The number of aromatic nitrogens is 4. The van der Waals surface area contributed by atoms with E-state index in [1.54, 1.807) is 18.3 Å². The van der Waals surface area contributed by atoms with Crippen molar-refractivity contribution in [2.24, 2.45) is 0 Å². The SMILES string of the molecule is CCOc1ncccc1NC(=O)c1cn(CC(OCC)OCC)nn1. The molecule has 9 heteroatoms. The molecule has 0 spiro atoms. The van der Waals surface area contributed by atoms with E-state index < -0.39 is 12.2 Å². The topological polar surface area (TPSA) is 100 Å². The Kier molecular flexibility index (Phi) is 7.30. The number of hydrogen-bond donors (Lipinski definition) is 1. The van der Waals surface area contributed by atoms with Crippen molar-refractivity contribution in [3.05, 3.63) is 30.2 Å². The van der Waals surface area contributed by atoms with Crippen LogP contribution in [0.15, 0.2) is 24.5 Å². The Balaban J connectivity index is 2.03. The fourth-order valence-electron chi connectivity index (χ4n) is 2.09. The molecule has 0 atom stereocenters. The van der Waals surface area contributed by atoms with Crippen LogP contribution in [0, 0.1) is 0 Å². The van der Waals surface area contributed by atoms with Crippen LogP contribution in [0.2, 0.25) is 0 Å².